The molecule has 1 N–H and O–H groups in total. The summed E-state index contributed by atoms with van der Waals surface area (Å²) in [6.45, 7) is 3.53. The number of carbonyl (C=O) groups is 2. The van der Waals surface area contributed by atoms with Gasteiger partial charge in [-0.05, 0) is 41.8 Å². The lowest BCUT2D eigenvalue weighted by atomic mass is 10.1. The van der Waals surface area contributed by atoms with Gasteiger partial charge in [-0.3, -0.25) is 14.5 Å². The summed E-state index contributed by atoms with van der Waals surface area (Å²) in [4.78, 5) is 27.0. The number of rotatable bonds is 8. The van der Waals surface area contributed by atoms with Gasteiger partial charge in [-0.2, -0.15) is 0 Å². The van der Waals surface area contributed by atoms with Crippen molar-refractivity contribution in [3.05, 3.63) is 65.5 Å². The molecule has 0 radical (unpaired) electrons. The van der Waals surface area contributed by atoms with E-state index in [1.807, 2.05) is 12.1 Å². The van der Waals surface area contributed by atoms with Crippen LogP contribution in [0.3, 0.4) is 0 Å². The first kappa shape index (κ1) is 20.8. The molecule has 0 bridgehead atoms. The van der Waals surface area contributed by atoms with Crippen LogP contribution in [0.1, 0.15) is 17.5 Å². The van der Waals surface area contributed by atoms with Crippen LogP contribution in [0.25, 0.3) is 0 Å². The van der Waals surface area contributed by atoms with Gasteiger partial charge in [-0.1, -0.05) is 24.3 Å². The fourth-order valence-electron chi connectivity index (χ4n) is 3.24. The normalized spacial score (nSPS) is 14.6. The summed E-state index contributed by atoms with van der Waals surface area (Å²) in [6.07, 6.45) is 0.558. The van der Waals surface area contributed by atoms with Crippen LogP contribution in [0.2, 0.25) is 0 Å². The Morgan fingerprint density at radius 1 is 0.931 bits per heavy atom. The van der Waals surface area contributed by atoms with Crippen molar-refractivity contribution in [1.29, 1.82) is 0 Å². The van der Waals surface area contributed by atoms with Crippen LogP contribution in [0.4, 0.5) is 4.39 Å². The summed E-state index contributed by atoms with van der Waals surface area (Å²) in [5, 5.41) is 8.72. The third-order valence-corrected chi connectivity index (χ3v) is 4.96. The van der Waals surface area contributed by atoms with Crippen molar-refractivity contribution < 1.29 is 23.8 Å². The first-order valence-corrected chi connectivity index (χ1v) is 9.68. The third kappa shape index (κ3) is 6.57. The second kappa shape index (κ2) is 10.0. The highest BCUT2D eigenvalue weighted by atomic mass is 19.1. The van der Waals surface area contributed by atoms with Gasteiger partial charge in [0.15, 0.2) is 6.61 Å². The van der Waals surface area contributed by atoms with Crippen molar-refractivity contribution in [2.24, 2.45) is 0 Å². The molecule has 3 rings (SSSR count). The lowest BCUT2D eigenvalue weighted by molar-refractivity contribution is -0.137. The molecule has 1 aliphatic heterocycles. The number of hydrogen-bond donors (Lipinski definition) is 1. The van der Waals surface area contributed by atoms with Crippen LogP contribution in [0, 0.1) is 5.82 Å². The number of piperazine rings is 1. The van der Waals surface area contributed by atoms with Gasteiger partial charge in [0.2, 0.25) is 0 Å². The molecular formula is C22H25FN2O4. The maximum atomic E-state index is 13.0. The fraction of sp³-hybridized carbons (Fsp3) is 0.364. The predicted octanol–water partition coefficient (Wildman–Crippen LogP) is 2.57. The number of carboxylic acid groups (broad SMARTS) is 1. The maximum absolute atomic E-state index is 13.0. The SMILES string of the molecule is O=C(O)CCc1ccc(OCC(=O)N2CCN(Cc3ccc(F)cc3)CC2)cc1. The molecule has 1 heterocycles. The van der Waals surface area contributed by atoms with Crippen molar-refractivity contribution in [3.8, 4) is 5.75 Å². The molecular weight excluding hydrogens is 375 g/mol. The number of aliphatic carboxylic acids is 1. The molecule has 0 aromatic heterocycles. The Labute approximate surface area is 169 Å². The van der Waals surface area contributed by atoms with Crippen molar-refractivity contribution in [3.63, 3.8) is 0 Å². The second-order valence-electron chi connectivity index (χ2n) is 7.11. The summed E-state index contributed by atoms with van der Waals surface area (Å²) in [6, 6.07) is 13.6. The molecule has 0 spiro atoms. The third-order valence-electron chi connectivity index (χ3n) is 4.96. The largest absolute Gasteiger partial charge is 0.484 e. The number of hydrogen-bond acceptors (Lipinski definition) is 4. The van der Waals surface area contributed by atoms with Crippen molar-refractivity contribution in [1.82, 2.24) is 9.80 Å². The number of aryl methyl sites for hydroxylation is 1. The Balaban J connectivity index is 1.39. The molecule has 1 fully saturated rings. The molecule has 0 saturated carbocycles. The summed E-state index contributed by atoms with van der Waals surface area (Å²) in [5.41, 5.74) is 1.98. The van der Waals surface area contributed by atoms with E-state index in [0.717, 1.165) is 30.8 Å². The number of amides is 1. The molecule has 0 atom stereocenters. The maximum Gasteiger partial charge on any atom is 0.303 e. The second-order valence-corrected chi connectivity index (χ2v) is 7.11. The van der Waals surface area contributed by atoms with Crippen LogP contribution in [0.15, 0.2) is 48.5 Å². The van der Waals surface area contributed by atoms with Crippen LogP contribution in [0.5, 0.6) is 5.75 Å². The fourth-order valence-corrected chi connectivity index (χ4v) is 3.24. The molecule has 0 unspecified atom stereocenters. The average molecular weight is 400 g/mol. The molecule has 2 aromatic rings. The first-order chi connectivity index (χ1) is 14.0. The van der Waals surface area contributed by atoms with Gasteiger partial charge < -0.3 is 14.7 Å². The van der Waals surface area contributed by atoms with Gasteiger partial charge in [-0.25, -0.2) is 4.39 Å². The van der Waals surface area contributed by atoms with Gasteiger partial charge in [0.05, 0.1) is 0 Å². The van der Waals surface area contributed by atoms with Crippen molar-refractivity contribution >= 4 is 11.9 Å². The molecule has 0 aliphatic carbocycles. The van der Waals surface area contributed by atoms with E-state index in [9.17, 15) is 14.0 Å². The summed E-state index contributed by atoms with van der Waals surface area (Å²) < 4.78 is 18.6. The lowest BCUT2D eigenvalue weighted by Crippen LogP contribution is -2.49. The summed E-state index contributed by atoms with van der Waals surface area (Å²) in [7, 11) is 0. The quantitative estimate of drug-likeness (QED) is 0.738. The Kier molecular flexibility index (Phi) is 7.19. The molecule has 1 aliphatic rings. The van der Waals surface area contributed by atoms with E-state index < -0.39 is 5.97 Å². The number of benzene rings is 2. The zero-order chi connectivity index (χ0) is 20.6. The van der Waals surface area contributed by atoms with E-state index in [4.69, 9.17) is 9.84 Å². The smallest absolute Gasteiger partial charge is 0.303 e. The molecule has 7 heteroatoms. The number of nitrogens with zero attached hydrogens (tertiary/aromatic N) is 2. The standard InChI is InChI=1S/C22H25FN2O4/c23-19-6-1-18(2-7-19)15-24-11-13-25(14-12-24)21(26)16-29-20-8-3-17(4-9-20)5-10-22(27)28/h1-4,6-9H,5,10-16H2,(H,27,28). The number of ether oxygens (including phenoxy) is 1. The monoisotopic (exact) mass is 400 g/mol. The van der Waals surface area contributed by atoms with Crippen LogP contribution >= 0.6 is 0 Å². The van der Waals surface area contributed by atoms with Crippen LogP contribution in [-0.4, -0.2) is 59.6 Å². The molecule has 154 valence electrons. The van der Waals surface area contributed by atoms with Gasteiger partial charge in [0, 0.05) is 39.1 Å². The average Bonchev–Trinajstić information content (AvgIpc) is 2.73. The molecule has 6 nitrogen and oxygen atoms in total. The minimum absolute atomic E-state index is 0.0214. The molecule has 29 heavy (non-hydrogen) atoms. The molecule has 1 amide bonds. The van der Waals surface area contributed by atoms with Crippen molar-refractivity contribution in [2.75, 3.05) is 32.8 Å². The summed E-state index contributed by atoms with van der Waals surface area (Å²) >= 11 is 0. The lowest BCUT2D eigenvalue weighted by Gasteiger charge is -2.34. The zero-order valence-electron chi connectivity index (χ0n) is 16.2. The Morgan fingerprint density at radius 3 is 2.17 bits per heavy atom. The minimum Gasteiger partial charge on any atom is -0.484 e. The van der Waals surface area contributed by atoms with E-state index in [1.165, 1.54) is 12.1 Å². The number of carboxylic acids is 1. The Hall–Kier alpha value is -2.93. The Morgan fingerprint density at radius 2 is 1.55 bits per heavy atom. The van der Waals surface area contributed by atoms with Gasteiger partial charge >= 0.3 is 5.97 Å². The van der Waals surface area contributed by atoms with Crippen LogP contribution < -0.4 is 4.74 Å². The summed E-state index contributed by atoms with van der Waals surface area (Å²) in [5.74, 6) is -0.526. The van der Waals surface area contributed by atoms with Gasteiger partial charge in [0.1, 0.15) is 11.6 Å². The van der Waals surface area contributed by atoms with E-state index in [2.05, 4.69) is 4.90 Å². The number of halogens is 1. The van der Waals surface area contributed by atoms with Crippen molar-refractivity contribution in [2.45, 2.75) is 19.4 Å². The minimum atomic E-state index is -0.825. The topological polar surface area (TPSA) is 70.1 Å². The van der Waals surface area contributed by atoms with Gasteiger partial charge in [-0.15, -0.1) is 0 Å². The zero-order valence-corrected chi connectivity index (χ0v) is 16.2. The van der Waals surface area contributed by atoms with E-state index in [1.54, 1.807) is 29.2 Å². The molecule has 2 aromatic carbocycles. The number of carbonyl (C=O) groups excluding carboxylic acids is 1. The van der Waals surface area contributed by atoms with E-state index in [0.29, 0.717) is 25.3 Å². The Bertz CT molecular complexity index is 816. The highest BCUT2D eigenvalue weighted by molar-refractivity contribution is 5.77. The highest BCUT2D eigenvalue weighted by Gasteiger charge is 2.21. The predicted molar refractivity (Wildman–Crippen MR) is 106 cm³/mol. The van der Waals surface area contributed by atoms with E-state index >= 15 is 0 Å². The first-order valence-electron chi connectivity index (χ1n) is 9.68. The highest BCUT2D eigenvalue weighted by Crippen LogP contribution is 2.14. The molecule has 1 saturated heterocycles. The van der Waals surface area contributed by atoms with Crippen LogP contribution in [-0.2, 0) is 22.6 Å². The van der Waals surface area contributed by atoms with E-state index in [-0.39, 0.29) is 24.8 Å². The van der Waals surface area contributed by atoms with Gasteiger partial charge in [0.25, 0.3) is 5.91 Å².